The summed E-state index contributed by atoms with van der Waals surface area (Å²) in [7, 11) is 0. The molecule has 0 bridgehead atoms. The average Bonchev–Trinajstić information content (AvgIpc) is 3.37. The van der Waals surface area contributed by atoms with Gasteiger partial charge in [-0.3, -0.25) is 9.59 Å². The molecule has 0 aliphatic carbocycles. The van der Waals surface area contributed by atoms with E-state index in [0.29, 0.717) is 49.9 Å². The quantitative estimate of drug-likeness (QED) is 0.855. The predicted molar refractivity (Wildman–Crippen MR) is 109 cm³/mol. The second-order valence-electron chi connectivity index (χ2n) is 7.02. The maximum absolute atomic E-state index is 13.3. The molecule has 2 aliphatic rings. The fraction of sp³-hybridized carbons (Fsp3) is 0.429. The summed E-state index contributed by atoms with van der Waals surface area (Å²) in [4.78, 5) is 28.7. The van der Waals surface area contributed by atoms with Gasteiger partial charge in [0, 0.05) is 24.6 Å². The molecule has 4 rings (SSSR count). The SMILES string of the molecule is Cc1c(-c2ccccc2)sc(NC(=O)[C@@H]2CCCO2)c1C(=O)N1CCOCC1. The molecule has 6 nitrogen and oxygen atoms in total. The van der Waals surface area contributed by atoms with Crippen molar-refractivity contribution in [1.82, 2.24) is 4.90 Å². The summed E-state index contributed by atoms with van der Waals surface area (Å²) in [6, 6.07) is 9.96. The highest BCUT2D eigenvalue weighted by atomic mass is 32.1. The van der Waals surface area contributed by atoms with Crippen molar-refractivity contribution in [1.29, 1.82) is 0 Å². The first kappa shape index (κ1) is 19.1. The lowest BCUT2D eigenvalue weighted by Crippen LogP contribution is -2.41. The number of carbonyl (C=O) groups excluding carboxylic acids is 2. The topological polar surface area (TPSA) is 67.9 Å². The molecule has 7 heteroatoms. The number of thiophene rings is 1. The minimum absolute atomic E-state index is 0.0538. The van der Waals surface area contributed by atoms with Crippen molar-refractivity contribution < 1.29 is 19.1 Å². The summed E-state index contributed by atoms with van der Waals surface area (Å²) in [5.41, 5.74) is 2.52. The first-order valence-electron chi connectivity index (χ1n) is 9.63. The minimum atomic E-state index is -0.436. The third-order valence-corrected chi connectivity index (χ3v) is 6.41. The Bertz CT molecular complexity index is 853. The van der Waals surface area contributed by atoms with Gasteiger partial charge in [0.05, 0.1) is 18.8 Å². The zero-order valence-corrected chi connectivity index (χ0v) is 16.7. The summed E-state index contributed by atoms with van der Waals surface area (Å²) in [5.74, 6) is -0.226. The van der Waals surface area contributed by atoms with E-state index in [4.69, 9.17) is 9.47 Å². The zero-order chi connectivity index (χ0) is 19.5. The average molecular weight is 401 g/mol. The number of ether oxygens (including phenoxy) is 2. The molecular weight excluding hydrogens is 376 g/mol. The molecule has 0 saturated carbocycles. The van der Waals surface area contributed by atoms with E-state index in [0.717, 1.165) is 22.4 Å². The van der Waals surface area contributed by atoms with E-state index < -0.39 is 6.10 Å². The molecule has 0 radical (unpaired) electrons. The van der Waals surface area contributed by atoms with Gasteiger partial charge in [-0.15, -0.1) is 11.3 Å². The van der Waals surface area contributed by atoms with Gasteiger partial charge in [0.1, 0.15) is 11.1 Å². The standard InChI is InChI=1S/C21H24N2O4S/c1-14-17(21(25)23-9-12-26-13-10-23)20(22-19(24)16-8-5-11-27-16)28-18(14)15-6-3-2-4-7-15/h2-4,6-7,16H,5,8-13H2,1H3,(H,22,24)/t16-/m0/s1. The van der Waals surface area contributed by atoms with Gasteiger partial charge in [0.2, 0.25) is 0 Å². The molecule has 2 aliphatic heterocycles. The number of hydrogen-bond acceptors (Lipinski definition) is 5. The number of nitrogens with one attached hydrogen (secondary N) is 1. The van der Waals surface area contributed by atoms with Crippen LogP contribution in [0.15, 0.2) is 30.3 Å². The van der Waals surface area contributed by atoms with Crippen LogP contribution in [0.1, 0.15) is 28.8 Å². The second-order valence-corrected chi connectivity index (χ2v) is 8.04. The Balaban J connectivity index is 1.69. The van der Waals surface area contributed by atoms with Crippen LogP contribution in [0.25, 0.3) is 10.4 Å². The fourth-order valence-corrected chi connectivity index (χ4v) is 4.83. The molecule has 2 fully saturated rings. The number of morpholine rings is 1. The van der Waals surface area contributed by atoms with Gasteiger partial charge in [-0.2, -0.15) is 0 Å². The smallest absolute Gasteiger partial charge is 0.257 e. The minimum Gasteiger partial charge on any atom is -0.378 e. The van der Waals surface area contributed by atoms with Crippen LogP contribution in [0.2, 0.25) is 0 Å². The van der Waals surface area contributed by atoms with Crippen LogP contribution in [0, 0.1) is 6.92 Å². The molecule has 1 aromatic carbocycles. The highest BCUT2D eigenvalue weighted by Crippen LogP contribution is 2.40. The highest BCUT2D eigenvalue weighted by Gasteiger charge is 2.30. The maximum Gasteiger partial charge on any atom is 0.257 e. The molecule has 0 unspecified atom stereocenters. The number of anilines is 1. The number of carbonyl (C=O) groups is 2. The van der Waals surface area contributed by atoms with E-state index in [2.05, 4.69) is 5.32 Å². The second kappa shape index (κ2) is 8.43. The van der Waals surface area contributed by atoms with Crippen LogP contribution in [0.5, 0.6) is 0 Å². The van der Waals surface area contributed by atoms with Crippen molar-refractivity contribution in [2.45, 2.75) is 25.9 Å². The molecule has 2 aromatic rings. The van der Waals surface area contributed by atoms with Crippen LogP contribution >= 0.6 is 11.3 Å². The lowest BCUT2D eigenvalue weighted by Gasteiger charge is -2.27. The van der Waals surface area contributed by atoms with Crippen LogP contribution < -0.4 is 5.32 Å². The molecule has 0 spiro atoms. The Hall–Kier alpha value is -2.22. The van der Waals surface area contributed by atoms with Gasteiger partial charge in [0.25, 0.3) is 11.8 Å². The Morgan fingerprint density at radius 2 is 1.89 bits per heavy atom. The normalized spacial score (nSPS) is 19.6. The Labute approximate surface area is 168 Å². The Morgan fingerprint density at radius 3 is 2.57 bits per heavy atom. The van der Waals surface area contributed by atoms with Gasteiger partial charge < -0.3 is 19.7 Å². The molecule has 148 valence electrons. The predicted octanol–water partition coefficient (Wildman–Crippen LogP) is 3.31. The lowest BCUT2D eigenvalue weighted by atomic mass is 10.1. The third kappa shape index (κ3) is 3.83. The largest absolute Gasteiger partial charge is 0.378 e. The summed E-state index contributed by atoms with van der Waals surface area (Å²) in [6.07, 6.45) is 1.17. The summed E-state index contributed by atoms with van der Waals surface area (Å²) < 4.78 is 10.9. The maximum atomic E-state index is 13.3. The summed E-state index contributed by atoms with van der Waals surface area (Å²) in [5, 5.41) is 3.58. The third-order valence-electron chi connectivity index (χ3n) is 5.15. The van der Waals surface area contributed by atoms with Crippen LogP contribution in [-0.2, 0) is 14.3 Å². The van der Waals surface area contributed by atoms with E-state index in [1.165, 1.54) is 11.3 Å². The monoisotopic (exact) mass is 400 g/mol. The van der Waals surface area contributed by atoms with E-state index >= 15 is 0 Å². The van der Waals surface area contributed by atoms with Crippen LogP contribution in [0.3, 0.4) is 0 Å². The zero-order valence-electron chi connectivity index (χ0n) is 15.9. The van der Waals surface area contributed by atoms with Gasteiger partial charge >= 0.3 is 0 Å². The fourth-order valence-electron chi connectivity index (χ4n) is 3.63. The van der Waals surface area contributed by atoms with Crippen molar-refractivity contribution in [3.05, 3.63) is 41.5 Å². The highest BCUT2D eigenvalue weighted by molar-refractivity contribution is 7.20. The first-order chi connectivity index (χ1) is 13.6. The molecule has 3 heterocycles. The number of benzene rings is 1. The van der Waals surface area contributed by atoms with Crippen molar-refractivity contribution in [2.24, 2.45) is 0 Å². The number of rotatable bonds is 4. The molecular formula is C21H24N2O4S. The Morgan fingerprint density at radius 1 is 1.14 bits per heavy atom. The molecule has 2 amide bonds. The first-order valence-corrected chi connectivity index (χ1v) is 10.4. The summed E-state index contributed by atoms with van der Waals surface area (Å²) in [6.45, 7) is 4.77. The van der Waals surface area contributed by atoms with Gasteiger partial charge in [-0.05, 0) is 30.9 Å². The van der Waals surface area contributed by atoms with Crippen molar-refractivity contribution >= 4 is 28.2 Å². The van der Waals surface area contributed by atoms with Crippen LogP contribution in [-0.4, -0.2) is 55.7 Å². The number of amides is 2. The number of hydrogen-bond donors (Lipinski definition) is 1. The van der Waals surface area contributed by atoms with Crippen molar-refractivity contribution in [2.75, 3.05) is 38.2 Å². The summed E-state index contributed by atoms with van der Waals surface area (Å²) >= 11 is 1.45. The van der Waals surface area contributed by atoms with E-state index in [1.54, 1.807) is 4.90 Å². The van der Waals surface area contributed by atoms with E-state index in [9.17, 15) is 9.59 Å². The molecule has 2 saturated heterocycles. The molecule has 1 N–H and O–H groups in total. The Kier molecular flexibility index (Phi) is 5.75. The van der Waals surface area contributed by atoms with E-state index in [1.807, 2.05) is 37.3 Å². The number of nitrogens with zero attached hydrogens (tertiary/aromatic N) is 1. The van der Waals surface area contributed by atoms with E-state index in [-0.39, 0.29) is 11.8 Å². The van der Waals surface area contributed by atoms with Crippen LogP contribution in [0.4, 0.5) is 5.00 Å². The van der Waals surface area contributed by atoms with Gasteiger partial charge in [-0.25, -0.2) is 0 Å². The molecule has 1 aromatic heterocycles. The lowest BCUT2D eigenvalue weighted by molar-refractivity contribution is -0.124. The molecule has 28 heavy (non-hydrogen) atoms. The van der Waals surface area contributed by atoms with Gasteiger partial charge in [-0.1, -0.05) is 30.3 Å². The van der Waals surface area contributed by atoms with Crippen molar-refractivity contribution in [3.8, 4) is 10.4 Å². The van der Waals surface area contributed by atoms with Crippen molar-refractivity contribution in [3.63, 3.8) is 0 Å². The van der Waals surface area contributed by atoms with Gasteiger partial charge in [0.15, 0.2) is 0 Å². The molecule has 1 atom stereocenters.